The molecule has 5 heteroatoms. The van der Waals surface area contributed by atoms with E-state index in [1.54, 1.807) is 0 Å². The summed E-state index contributed by atoms with van der Waals surface area (Å²) in [6, 6.07) is 9.06. The summed E-state index contributed by atoms with van der Waals surface area (Å²) >= 11 is 0. The van der Waals surface area contributed by atoms with Crippen LogP contribution in [-0.2, 0) is 6.42 Å². The van der Waals surface area contributed by atoms with E-state index in [4.69, 9.17) is 15.3 Å². The lowest BCUT2D eigenvalue weighted by Crippen LogP contribution is -2.16. The molecule has 1 aromatic heterocycles. The molecule has 0 amide bonds. The van der Waals surface area contributed by atoms with Crippen molar-refractivity contribution >= 4 is 5.97 Å². The van der Waals surface area contributed by atoms with Gasteiger partial charge in [0.1, 0.15) is 0 Å². The van der Waals surface area contributed by atoms with E-state index in [0.29, 0.717) is 6.42 Å². The molecule has 2 rings (SSSR count). The number of carbonyl (C=O) groups is 1. The van der Waals surface area contributed by atoms with Crippen molar-refractivity contribution in [3.05, 3.63) is 53.7 Å². The first-order valence-electron chi connectivity index (χ1n) is 5.14. The van der Waals surface area contributed by atoms with Crippen molar-refractivity contribution in [3.8, 4) is 0 Å². The van der Waals surface area contributed by atoms with Gasteiger partial charge in [0.15, 0.2) is 17.8 Å². The number of aromatic nitrogens is 1. The molecule has 1 atom stereocenters. The third-order valence-electron chi connectivity index (χ3n) is 2.43. The van der Waals surface area contributed by atoms with Crippen molar-refractivity contribution in [2.45, 2.75) is 12.5 Å². The van der Waals surface area contributed by atoms with Crippen LogP contribution in [0.25, 0.3) is 0 Å². The Morgan fingerprint density at radius 1 is 1.41 bits per heavy atom. The zero-order valence-electron chi connectivity index (χ0n) is 9.04. The third kappa shape index (κ3) is 2.51. The minimum absolute atomic E-state index is 0.117. The van der Waals surface area contributed by atoms with Gasteiger partial charge in [-0.25, -0.2) is 9.78 Å². The lowest BCUT2D eigenvalue weighted by atomic mass is 10.0. The molecule has 1 heterocycles. The number of carboxylic acids is 1. The Labute approximate surface area is 97.9 Å². The number of nitrogens with zero attached hydrogens (tertiary/aromatic N) is 1. The summed E-state index contributed by atoms with van der Waals surface area (Å²) in [4.78, 5) is 14.5. The predicted octanol–water partition coefficient (Wildman–Crippen LogP) is 1.62. The maximum Gasteiger partial charge on any atom is 0.358 e. The number of benzene rings is 1. The summed E-state index contributed by atoms with van der Waals surface area (Å²) in [7, 11) is 0. The Balaban J connectivity index is 2.17. The van der Waals surface area contributed by atoms with Crippen molar-refractivity contribution in [3.63, 3.8) is 0 Å². The molecule has 0 radical (unpaired) electrons. The highest BCUT2D eigenvalue weighted by Gasteiger charge is 2.21. The van der Waals surface area contributed by atoms with E-state index in [1.807, 2.05) is 30.3 Å². The average molecular weight is 232 g/mol. The van der Waals surface area contributed by atoms with Crippen molar-refractivity contribution in [1.29, 1.82) is 0 Å². The second-order valence-corrected chi connectivity index (χ2v) is 3.67. The molecule has 0 fully saturated rings. The van der Waals surface area contributed by atoms with Gasteiger partial charge in [-0.1, -0.05) is 30.3 Å². The van der Waals surface area contributed by atoms with Crippen molar-refractivity contribution in [2.24, 2.45) is 5.73 Å². The van der Waals surface area contributed by atoms with Crippen LogP contribution in [0.1, 0.15) is 27.9 Å². The van der Waals surface area contributed by atoms with Gasteiger partial charge < -0.3 is 15.3 Å². The van der Waals surface area contributed by atoms with Gasteiger partial charge in [-0.3, -0.25) is 0 Å². The summed E-state index contributed by atoms with van der Waals surface area (Å²) in [5.41, 5.74) is 6.82. The van der Waals surface area contributed by atoms with Crippen LogP contribution < -0.4 is 5.73 Å². The Morgan fingerprint density at radius 3 is 2.76 bits per heavy atom. The fourth-order valence-electron chi connectivity index (χ4n) is 1.64. The standard InChI is InChI=1S/C12H12N2O3/c13-9(6-8-4-2-1-3-5-8)11-10(12(15)16)14-7-17-11/h1-5,7,9H,6,13H2,(H,15,16)/t9-/m0/s1. The van der Waals surface area contributed by atoms with Crippen molar-refractivity contribution in [1.82, 2.24) is 4.98 Å². The number of rotatable bonds is 4. The number of aromatic carboxylic acids is 1. The van der Waals surface area contributed by atoms with Crippen molar-refractivity contribution in [2.75, 3.05) is 0 Å². The Morgan fingerprint density at radius 2 is 2.12 bits per heavy atom. The summed E-state index contributed by atoms with van der Waals surface area (Å²) in [5, 5.41) is 8.89. The van der Waals surface area contributed by atoms with Crippen LogP contribution in [0.3, 0.4) is 0 Å². The van der Waals surface area contributed by atoms with E-state index >= 15 is 0 Å². The summed E-state index contributed by atoms with van der Waals surface area (Å²) < 4.78 is 5.04. The Hall–Kier alpha value is -2.14. The topological polar surface area (TPSA) is 89.4 Å². The quantitative estimate of drug-likeness (QED) is 0.835. The molecule has 0 saturated heterocycles. The van der Waals surface area contributed by atoms with Gasteiger partial charge in [-0.2, -0.15) is 0 Å². The van der Waals surface area contributed by atoms with E-state index in [0.717, 1.165) is 12.0 Å². The SMILES string of the molecule is N[C@@H](Cc1ccccc1)c1ocnc1C(=O)O. The molecule has 0 unspecified atom stereocenters. The van der Waals surface area contributed by atoms with Crippen LogP contribution in [0.5, 0.6) is 0 Å². The second kappa shape index (κ2) is 4.80. The molecule has 0 aliphatic heterocycles. The summed E-state index contributed by atoms with van der Waals surface area (Å²) in [6.45, 7) is 0. The molecule has 1 aromatic carbocycles. The molecule has 88 valence electrons. The normalized spacial score (nSPS) is 12.3. The first-order valence-corrected chi connectivity index (χ1v) is 5.14. The van der Waals surface area contributed by atoms with Gasteiger partial charge in [-0.05, 0) is 12.0 Å². The van der Waals surface area contributed by atoms with E-state index in [9.17, 15) is 4.79 Å². The van der Waals surface area contributed by atoms with Gasteiger partial charge in [0.2, 0.25) is 0 Å². The lowest BCUT2D eigenvalue weighted by molar-refractivity contribution is 0.0688. The molecule has 0 aliphatic carbocycles. The Bertz CT molecular complexity index is 507. The molecule has 0 spiro atoms. The predicted molar refractivity (Wildman–Crippen MR) is 60.5 cm³/mol. The molecule has 3 N–H and O–H groups in total. The Kier molecular flexibility index (Phi) is 3.20. The maximum absolute atomic E-state index is 10.9. The maximum atomic E-state index is 10.9. The first kappa shape index (κ1) is 11.3. The van der Waals surface area contributed by atoms with E-state index in [1.165, 1.54) is 0 Å². The molecule has 2 aromatic rings. The smallest absolute Gasteiger partial charge is 0.358 e. The fourth-order valence-corrected chi connectivity index (χ4v) is 1.64. The molecular weight excluding hydrogens is 220 g/mol. The largest absolute Gasteiger partial charge is 0.476 e. The number of carboxylic acid groups (broad SMARTS) is 1. The van der Waals surface area contributed by atoms with Gasteiger partial charge in [-0.15, -0.1) is 0 Å². The number of hydrogen-bond acceptors (Lipinski definition) is 4. The van der Waals surface area contributed by atoms with Crippen LogP contribution in [0.15, 0.2) is 41.1 Å². The molecular formula is C12H12N2O3. The second-order valence-electron chi connectivity index (χ2n) is 3.67. The summed E-state index contributed by atoms with van der Waals surface area (Å²) in [5.74, 6) is -0.918. The highest BCUT2D eigenvalue weighted by Crippen LogP contribution is 2.19. The third-order valence-corrected chi connectivity index (χ3v) is 2.43. The number of nitrogens with two attached hydrogens (primary N) is 1. The highest BCUT2D eigenvalue weighted by molar-refractivity contribution is 5.86. The van der Waals surface area contributed by atoms with Crippen LogP contribution in [-0.4, -0.2) is 16.1 Å². The van der Waals surface area contributed by atoms with Gasteiger partial charge in [0.05, 0.1) is 6.04 Å². The monoisotopic (exact) mass is 232 g/mol. The average Bonchev–Trinajstić information content (AvgIpc) is 2.79. The zero-order chi connectivity index (χ0) is 12.3. The molecule has 0 bridgehead atoms. The van der Waals surface area contributed by atoms with E-state index < -0.39 is 12.0 Å². The first-order chi connectivity index (χ1) is 8.18. The van der Waals surface area contributed by atoms with Crippen molar-refractivity contribution < 1.29 is 14.3 Å². The summed E-state index contributed by atoms with van der Waals surface area (Å²) in [6.07, 6.45) is 1.61. The van der Waals surface area contributed by atoms with E-state index in [-0.39, 0.29) is 11.5 Å². The molecule has 0 saturated carbocycles. The minimum atomic E-state index is -1.13. The number of oxazole rings is 1. The van der Waals surface area contributed by atoms with Gasteiger partial charge >= 0.3 is 5.97 Å². The van der Waals surface area contributed by atoms with E-state index in [2.05, 4.69) is 4.98 Å². The fraction of sp³-hybridized carbons (Fsp3) is 0.167. The minimum Gasteiger partial charge on any atom is -0.476 e. The lowest BCUT2D eigenvalue weighted by Gasteiger charge is -2.08. The zero-order valence-corrected chi connectivity index (χ0v) is 9.04. The molecule has 5 nitrogen and oxygen atoms in total. The van der Waals surface area contributed by atoms with Gasteiger partial charge in [0, 0.05) is 0 Å². The molecule has 0 aliphatic rings. The van der Waals surface area contributed by atoms with Gasteiger partial charge in [0.25, 0.3) is 0 Å². The van der Waals surface area contributed by atoms with Crippen LogP contribution in [0.4, 0.5) is 0 Å². The van der Waals surface area contributed by atoms with Crippen LogP contribution in [0.2, 0.25) is 0 Å². The van der Waals surface area contributed by atoms with Crippen LogP contribution in [0, 0.1) is 0 Å². The number of hydrogen-bond donors (Lipinski definition) is 2. The van der Waals surface area contributed by atoms with Crippen LogP contribution >= 0.6 is 0 Å². The highest BCUT2D eigenvalue weighted by atomic mass is 16.4. The molecule has 17 heavy (non-hydrogen) atoms.